The van der Waals surface area contributed by atoms with Crippen molar-refractivity contribution in [3.63, 3.8) is 0 Å². The zero-order valence-electron chi connectivity index (χ0n) is 14.7. The quantitative estimate of drug-likeness (QED) is 0.527. The molecule has 0 aliphatic carbocycles. The van der Waals surface area contributed by atoms with Crippen LogP contribution in [0.1, 0.15) is 16.5 Å². The van der Waals surface area contributed by atoms with Crippen LogP contribution in [0.25, 0.3) is 0 Å². The first-order valence-electron chi connectivity index (χ1n) is 8.69. The Kier molecular flexibility index (Phi) is 7.27. The van der Waals surface area contributed by atoms with E-state index in [0.717, 1.165) is 11.3 Å². The third-order valence-electron chi connectivity index (χ3n) is 3.93. The summed E-state index contributed by atoms with van der Waals surface area (Å²) in [6.45, 7) is 1.08. The highest BCUT2D eigenvalue weighted by atomic mass is 35.5. The summed E-state index contributed by atoms with van der Waals surface area (Å²) in [5.41, 5.74) is 1.14. The molecule has 1 heterocycles. The number of thiophene rings is 1. The Bertz CT molecular complexity index is 823. The van der Waals surface area contributed by atoms with E-state index in [9.17, 15) is 4.79 Å². The first-order chi connectivity index (χ1) is 13.2. The van der Waals surface area contributed by atoms with E-state index in [1.807, 2.05) is 29.6 Å². The summed E-state index contributed by atoms with van der Waals surface area (Å²) in [4.78, 5) is 13.3. The van der Waals surface area contributed by atoms with Gasteiger partial charge in [0.05, 0.1) is 19.1 Å². The van der Waals surface area contributed by atoms with Gasteiger partial charge in [0.15, 0.2) is 0 Å². The molecule has 1 aromatic heterocycles. The Morgan fingerprint density at radius 3 is 2.52 bits per heavy atom. The van der Waals surface area contributed by atoms with E-state index in [4.69, 9.17) is 16.3 Å². The van der Waals surface area contributed by atoms with Crippen LogP contribution in [-0.2, 0) is 4.79 Å². The topological polar surface area (TPSA) is 50.4 Å². The molecule has 0 bridgehead atoms. The molecule has 0 aliphatic rings. The van der Waals surface area contributed by atoms with E-state index in [0.29, 0.717) is 18.2 Å². The lowest BCUT2D eigenvalue weighted by molar-refractivity contribution is -0.120. The van der Waals surface area contributed by atoms with Gasteiger partial charge in [-0.1, -0.05) is 48.0 Å². The zero-order valence-corrected chi connectivity index (χ0v) is 16.3. The van der Waals surface area contributed by atoms with Gasteiger partial charge in [0.25, 0.3) is 0 Å². The van der Waals surface area contributed by atoms with Crippen molar-refractivity contribution in [3.05, 3.63) is 87.6 Å². The van der Waals surface area contributed by atoms with Crippen molar-refractivity contribution in [3.8, 4) is 5.75 Å². The molecule has 2 aromatic carbocycles. The zero-order chi connectivity index (χ0) is 18.9. The second kappa shape index (κ2) is 10.1. The van der Waals surface area contributed by atoms with Gasteiger partial charge in [0.1, 0.15) is 12.4 Å². The Balaban J connectivity index is 1.44. The second-order valence-corrected chi connectivity index (χ2v) is 7.31. The molecule has 0 radical (unpaired) electrons. The highest BCUT2D eigenvalue weighted by Gasteiger charge is 2.15. The van der Waals surface area contributed by atoms with Gasteiger partial charge in [-0.25, -0.2) is 0 Å². The molecule has 2 N–H and O–H groups in total. The average molecular weight is 401 g/mol. The molecule has 3 rings (SSSR count). The molecule has 0 unspecified atom stereocenters. The van der Waals surface area contributed by atoms with Crippen LogP contribution < -0.4 is 15.4 Å². The summed E-state index contributed by atoms with van der Waals surface area (Å²) >= 11 is 7.51. The number of amides is 1. The maximum atomic E-state index is 12.2. The number of hydrogen-bond donors (Lipinski definition) is 2. The van der Waals surface area contributed by atoms with Gasteiger partial charge in [-0.05, 0) is 41.3 Å². The van der Waals surface area contributed by atoms with Crippen LogP contribution in [-0.4, -0.2) is 25.6 Å². The van der Waals surface area contributed by atoms with E-state index in [-0.39, 0.29) is 18.5 Å². The lowest BCUT2D eigenvalue weighted by Gasteiger charge is -2.18. The third kappa shape index (κ3) is 6.10. The van der Waals surface area contributed by atoms with Crippen LogP contribution in [0.2, 0.25) is 5.02 Å². The summed E-state index contributed by atoms with van der Waals surface area (Å²) < 4.78 is 5.57. The van der Waals surface area contributed by atoms with Crippen molar-refractivity contribution in [1.82, 2.24) is 10.6 Å². The minimum atomic E-state index is -0.0628. The fourth-order valence-electron chi connectivity index (χ4n) is 2.63. The van der Waals surface area contributed by atoms with Crippen LogP contribution in [0.15, 0.2) is 72.1 Å². The molecule has 0 aliphatic heterocycles. The maximum absolute atomic E-state index is 12.2. The summed E-state index contributed by atoms with van der Waals surface area (Å²) in [7, 11) is 0. The predicted molar refractivity (Wildman–Crippen MR) is 111 cm³/mol. The van der Waals surface area contributed by atoms with Crippen molar-refractivity contribution < 1.29 is 9.53 Å². The smallest absolute Gasteiger partial charge is 0.234 e. The normalized spacial score (nSPS) is 11.7. The summed E-state index contributed by atoms with van der Waals surface area (Å²) in [6.07, 6.45) is 0. The number of nitrogens with one attached hydrogen (secondary N) is 2. The largest absolute Gasteiger partial charge is 0.492 e. The molecule has 4 nitrogen and oxygen atoms in total. The van der Waals surface area contributed by atoms with E-state index < -0.39 is 0 Å². The Hall–Kier alpha value is -2.34. The maximum Gasteiger partial charge on any atom is 0.234 e. The van der Waals surface area contributed by atoms with Gasteiger partial charge >= 0.3 is 0 Å². The third-order valence-corrected chi connectivity index (χ3v) is 5.12. The van der Waals surface area contributed by atoms with Crippen LogP contribution in [0, 0.1) is 0 Å². The number of carbonyl (C=O) groups excluding carboxylic acids is 1. The number of ether oxygens (including phenoxy) is 1. The SMILES string of the molecule is O=C(CN[C@H](c1ccccc1)c1cccs1)NCCOc1ccc(Cl)cc1. The van der Waals surface area contributed by atoms with E-state index in [2.05, 4.69) is 28.8 Å². The predicted octanol–water partition coefficient (Wildman–Crippen LogP) is 4.28. The molecule has 0 spiro atoms. The molecule has 6 heteroatoms. The molecule has 1 atom stereocenters. The highest BCUT2D eigenvalue weighted by Crippen LogP contribution is 2.25. The van der Waals surface area contributed by atoms with Gasteiger partial charge in [-0.15, -0.1) is 11.3 Å². The molecular weight excluding hydrogens is 380 g/mol. The first kappa shape index (κ1) is 19.4. The summed E-state index contributed by atoms with van der Waals surface area (Å²) in [5, 5.41) is 8.92. The van der Waals surface area contributed by atoms with Crippen molar-refractivity contribution in [2.24, 2.45) is 0 Å². The molecule has 27 heavy (non-hydrogen) atoms. The lowest BCUT2D eigenvalue weighted by Crippen LogP contribution is -2.37. The van der Waals surface area contributed by atoms with Crippen LogP contribution >= 0.6 is 22.9 Å². The molecule has 0 fully saturated rings. The average Bonchev–Trinajstić information content (AvgIpc) is 3.22. The number of halogens is 1. The molecule has 3 aromatic rings. The summed E-state index contributed by atoms with van der Waals surface area (Å²) in [5.74, 6) is 0.667. The molecular formula is C21H21ClN2O2S. The van der Waals surface area contributed by atoms with Gasteiger partial charge in [0.2, 0.25) is 5.91 Å². The van der Waals surface area contributed by atoms with Crippen LogP contribution in [0.3, 0.4) is 0 Å². The number of rotatable bonds is 9. The minimum Gasteiger partial charge on any atom is -0.492 e. The van der Waals surface area contributed by atoms with Crippen molar-refractivity contribution in [2.45, 2.75) is 6.04 Å². The monoisotopic (exact) mass is 400 g/mol. The van der Waals surface area contributed by atoms with Gasteiger partial charge in [0, 0.05) is 9.90 Å². The van der Waals surface area contributed by atoms with E-state index in [1.54, 1.807) is 35.6 Å². The second-order valence-electron chi connectivity index (χ2n) is 5.89. The van der Waals surface area contributed by atoms with Gasteiger partial charge < -0.3 is 10.1 Å². The Morgan fingerprint density at radius 2 is 1.81 bits per heavy atom. The fourth-order valence-corrected chi connectivity index (χ4v) is 3.58. The highest BCUT2D eigenvalue weighted by molar-refractivity contribution is 7.10. The van der Waals surface area contributed by atoms with Crippen LogP contribution in [0.5, 0.6) is 5.75 Å². The number of hydrogen-bond acceptors (Lipinski definition) is 4. The Morgan fingerprint density at radius 1 is 1.04 bits per heavy atom. The standard InChI is InChI=1S/C21H21ClN2O2S/c22-17-8-10-18(11-9-17)26-13-12-23-20(25)15-24-21(19-7-4-14-27-19)16-5-2-1-3-6-16/h1-11,14,21,24H,12-13,15H2,(H,23,25)/t21-/m1/s1. The van der Waals surface area contributed by atoms with Crippen molar-refractivity contribution in [2.75, 3.05) is 19.7 Å². The molecule has 0 saturated carbocycles. The molecule has 140 valence electrons. The molecule has 0 saturated heterocycles. The fraction of sp³-hybridized carbons (Fsp3) is 0.190. The van der Waals surface area contributed by atoms with Crippen LogP contribution in [0.4, 0.5) is 0 Å². The molecule has 1 amide bonds. The van der Waals surface area contributed by atoms with E-state index >= 15 is 0 Å². The minimum absolute atomic E-state index is 0.00210. The number of carbonyl (C=O) groups is 1. The van der Waals surface area contributed by atoms with Crippen molar-refractivity contribution in [1.29, 1.82) is 0 Å². The summed E-state index contributed by atoms with van der Waals surface area (Å²) in [6, 6.07) is 21.4. The Labute approximate surface area is 168 Å². The van der Waals surface area contributed by atoms with E-state index in [1.165, 1.54) is 4.88 Å². The number of benzene rings is 2. The van der Waals surface area contributed by atoms with Gasteiger partial charge in [-0.3, -0.25) is 10.1 Å². The van der Waals surface area contributed by atoms with Gasteiger partial charge in [-0.2, -0.15) is 0 Å². The lowest BCUT2D eigenvalue weighted by atomic mass is 10.1. The van der Waals surface area contributed by atoms with Crippen molar-refractivity contribution >= 4 is 28.8 Å². The first-order valence-corrected chi connectivity index (χ1v) is 9.95.